The molecule has 3 aromatic heterocycles. The van der Waals surface area contributed by atoms with E-state index in [-0.39, 0.29) is 35.2 Å². The summed E-state index contributed by atoms with van der Waals surface area (Å²) in [4.78, 5) is 28.3. The molecule has 3 heterocycles. The second-order valence-corrected chi connectivity index (χ2v) is 8.22. The molecule has 0 bridgehead atoms. The first-order valence-electron chi connectivity index (χ1n) is 11.0. The summed E-state index contributed by atoms with van der Waals surface area (Å²) in [6, 6.07) is 2.58. The van der Waals surface area contributed by atoms with E-state index in [0.29, 0.717) is 22.2 Å². The Hall–Kier alpha value is -4.07. The maximum absolute atomic E-state index is 13.1. The molecule has 15 heteroatoms. The number of carbonyl (C=O) groups excluding carboxylic acids is 2. The van der Waals surface area contributed by atoms with E-state index in [1.54, 1.807) is 32.2 Å². The Morgan fingerprint density at radius 3 is 2.78 bits per heavy atom. The minimum Gasteiger partial charge on any atom is -0.491 e. The molecule has 3 N–H and O–H groups in total. The molecule has 0 saturated carbocycles. The molecule has 4 rings (SSSR count). The number of aromatic nitrogens is 5. The van der Waals surface area contributed by atoms with Crippen LogP contribution in [0.25, 0.3) is 16.6 Å². The minimum atomic E-state index is -5.10. The van der Waals surface area contributed by atoms with Crippen LogP contribution < -0.4 is 15.8 Å². The van der Waals surface area contributed by atoms with E-state index in [1.165, 1.54) is 21.6 Å². The van der Waals surface area contributed by atoms with E-state index in [4.69, 9.17) is 22.1 Å². The minimum absolute atomic E-state index is 0.00611. The molecular formula is C22H21ClF3N7O4. The Kier molecular flexibility index (Phi) is 7.12. The van der Waals surface area contributed by atoms with Crippen LogP contribution in [-0.2, 0) is 16.1 Å². The lowest BCUT2D eigenvalue weighted by molar-refractivity contribution is -0.199. The van der Waals surface area contributed by atoms with Gasteiger partial charge in [0.05, 0.1) is 30.4 Å². The summed E-state index contributed by atoms with van der Waals surface area (Å²) < 4.78 is 50.2. The molecule has 0 aliphatic rings. The van der Waals surface area contributed by atoms with Crippen LogP contribution in [0.1, 0.15) is 35.8 Å². The van der Waals surface area contributed by atoms with Crippen molar-refractivity contribution in [2.24, 2.45) is 0 Å². The number of nitrogens with one attached hydrogen (secondary N) is 1. The maximum atomic E-state index is 13.1. The van der Waals surface area contributed by atoms with Crippen molar-refractivity contribution in [2.75, 3.05) is 18.9 Å². The largest absolute Gasteiger partial charge is 0.491 e. The molecule has 11 nitrogen and oxygen atoms in total. The molecule has 0 aliphatic carbocycles. The van der Waals surface area contributed by atoms with E-state index in [0.717, 1.165) is 0 Å². The van der Waals surface area contributed by atoms with E-state index < -0.39 is 30.7 Å². The van der Waals surface area contributed by atoms with Crippen molar-refractivity contribution in [3.63, 3.8) is 0 Å². The first-order valence-corrected chi connectivity index (χ1v) is 11.3. The highest BCUT2D eigenvalue weighted by Crippen LogP contribution is 2.38. The number of amides is 1. The molecule has 1 unspecified atom stereocenters. The molecule has 0 spiro atoms. The Morgan fingerprint density at radius 2 is 2.08 bits per heavy atom. The van der Waals surface area contributed by atoms with Gasteiger partial charge in [-0.2, -0.15) is 18.3 Å². The van der Waals surface area contributed by atoms with Crippen molar-refractivity contribution in [2.45, 2.75) is 32.6 Å². The van der Waals surface area contributed by atoms with E-state index in [9.17, 15) is 22.8 Å². The molecule has 0 aliphatic heterocycles. The van der Waals surface area contributed by atoms with Crippen molar-refractivity contribution >= 4 is 45.8 Å². The molecule has 0 radical (unpaired) electrons. The molecule has 4 aromatic rings. The number of benzene rings is 1. The zero-order chi connectivity index (χ0) is 26.9. The van der Waals surface area contributed by atoms with Crippen LogP contribution in [-0.4, -0.2) is 55.6 Å². The number of hydrogen-bond acceptors (Lipinski definition) is 8. The van der Waals surface area contributed by atoms with Gasteiger partial charge < -0.3 is 20.5 Å². The average Bonchev–Trinajstić information content (AvgIpc) is 3.40. The fraction of sp³-hybridized carbons (Fsp3) is 0.318. The number of hydrogen-bond donors (Lipinski definition) is 2. The smallest absolute Gasteiger partial charge is 0.490 e. The average molecular weight is 540 g/mol. The quantitative estimate of drug-likeness (QED) is 0.325. The number of halogens is 4. The number of ether oxygens (including phenoxy) is 2. The number of carbonyl (C=O) groups is 2. The second-order valence-electron chi connectivity index (χ2n) is 7.82. The first-order chi connectivity index (χ1) is 17.5. The molecule has 0 saturated heterocycles. The molecule has 196 valence electrons. The van der Waals surface area contributed by atoms with Gasteiger partial charge in [0, 0.05) is 23.3 Å². The summed E-state index contributed by atoms with van der Waals surface area (Å²) in [5.74, 6) is -2.54. The number of alkyl halides is 3. The van der Waals surface area contributed by atoms with Crippen LogP contribution in [0.3, 0.4) is 0 Å². The number of nitrogen functional groups attached to an aromatic ring is 1. The van der Waals surface area contributed by atoms with Gasteiger partial charge in [0.25, 0.3) is 5.91 Å². The predicted molar refractivity (Wildman–Crippen MR) is 126 cm³/mol. The van der Waals surface area contributed by atoms with Gasteiger partial charge >= 0.3 is 12.1 Å². The van der Waals surface area contributed by atoms with Gasteiger partial charge in [-0.15, -0.1) is 5.10 Å². The van der Waals surface area contributed by atoms with E-state index >= 15 is 0 Å². The third kappa shape index (κ3) is 5.09. The molecular weight excluding hydrogens is 519 g/mol. The summed E-state index contributed by atoms with van der Waals surface area (Å²) in [5.41, 5.74) is 7.16. The highest BCUT2D eigenvalue weighted by Gasteiger charge is 2.40. The van der Waals surface area contributed by atoms with Gasteiger partial charge in [0.2, 0.25) is 0 Å². The summed E-state index contributed by atoms with van der Waals surface area (Å²) in [6.45, 7) is 2.87. The third-order valence-corrected chi connectivity index (χ3v) is 5.69. The Balaban J connectivity index is 1.66. The van der Waals surface area contributed by atoms with Crippen LogP contribution in [0.5, 0.6) is 5.75 Å². The third-order valence-electron chi connectivity index (χ3n) is 5.38. The molecule has 1 amide bonds. The van der Waals surface area contributed by atoms with Crippen LogP contribution in [0, 0.1) is 0 Å². The molecule has 1 aromatic carbocycles. The van der Waals surface area contributed by atoms with E-state index in [1.807, 2.05) is 0 Å². The maximum Gasteiger partial charge on any atom is 0.490 e. The normalized spacial score (nSPS) is 12.6. The van der Waals surface area contributed by atoms with Crippen molar-refractivity contribution in [1.29, 1.82) is 0 Å². The Labute approximate surface area is 212 Å². The zero-order valence-corrected chi connectivity index (χ0v) is 20.3. The van der Waals surface area contributed by atoms with Crippen molar-refractivity contribution in [1.82, 2.24) is 29.7 Å². The molecule has 1 atom stereocenters. The lowest BCUT2D eigenvalue weighted by Gasteiger charge is -2.20. The van der Waals surface area contributed by atoms with Crippen LogP contribution in [0.15, 0.2) is 30.7 Å². The van der Waals surface area contributed by atoms with Gasteiger partial charge in [0.15, 0.2) is 17.2 Å². The number of esters is 1. The summed E-state index contributed by atoms with van der Waals surface area (Å²) in [7, 11) is 0. The fourth-order valence-corrected chi connectivity index (χ4v) is 4.03. The number of rotatable bonds is 8. The highest BCUT2D eigenvalue weighted by molar-refractivity contribution is 6.35. The van der Waals surface area contributed by atoms with Crippen molar-refractivity contribution in [3.8, 4) is 5.75 Å². The van der Waals surface area contributed by atoms with E-state index in [2.05, 4.69) is 25.2 Å². The fourth-order valence-electron chi connectivity index (χ4n) is 3.78. The number of nitrogens with zero attached hydrogens (tertiary/aromatic N) is 5. The summed E-state index contributed by atoms with van der Waals surface area (Å²) >= 11 is 6.48. The number of nitrogens with two attached hydrogens (primary N) is 1. The van der Waals surface area contributed by atoms with Crippen LogP contribution in [0.2, 0.25) is 5.02 Å². The highest BCUT2D eigenvalue weighted by atomic mass is 35.5. The monoisotopic (exact) mass is 539 g/mol. The first kappa shape index (κ1) is 26.0. The summed E-state index contributed by atoms with van der Waals surface area (Å²) in [5, 5.41) is 11.8. The van der Waals surface area contributed by atoms with Crippen LogP contribution in [0.4, 0.5) is 19.0 Å². The van der Waals surface area contributed by atoms with Crippen molar-refractivity contribution < 1.29 is 32.2 Å². The zero-order valence-electron chi connectivity index (χ0n) is 19.5. The Bertz CT molecular complexity index is 1480. The Morgan fingerprint density at radius 1 is 1.32 bits per heavy atom. The lowest BCUT2D eigenvalue weighted by atomic mass is 10.0. The van der Waals surface area contributed by atoms with Crippen molar-refractivity contribution in [3.05, 3.63) is 46.9 Å². The number of fused-ring (bicyclic) bond motifs is 2. The van der Waals surface area contributed by atoms with Gasteiger partial charge in [-0.3, -0.25) is 9.48 Å². The molecule has 37 heavy (non-hydrogen) atoms. The SMILES string of the molecule is CCOc1c(C(C)NC(=O)c2c(N)nn3cccnc23)cc(Cl)c2cnn(CCOC(=O)C(F)(F)F)c12. The van der Waals surface area contributed by atoms with Gasteiger partial charge in [-0.25, -0.2) is 14.3 Å². The van der Waals surface area contributed by atoms with Crippen LogP contribution >= 0.6 is 11.6 Å². The predicted octanol–water partition coefficient (Wildman–Crippen LogP) is 3.31. The standard InChI is InChI=1S/C22H21ClF3N7O4/c1-3-36-17-12(11(2)30-20(34)15-18(27)31-33-6-4-5-28-19(15)33)9-14(23)13-10-29-32(16(13)17)7-8-37-21(35)22(24,25)26/h4-6,9-11H,3,7-8H2,1-2H3,(H2,27,31)(H,30,34). The van der Waals surface area contributed by atoms with Gasteiger partial charge in [-0.05, 0) is 26.0 Å². The second kappa shape index (κ2) is 10.1. The lowest BCUT2D eigenvalue weighted by Crippen LogP contribution is -2.28. The van der Waals surface area contributed by atoms with Gasteiger partial charge in [0.1, 0.15) is 17.7 Å². The topological polar surface area (TPSA) is 139 Å². The number of anilines is 1. The summed E-state index contributed by atoms with van der Waals surface area (Å²) in [6.07, 6.45) is -0.575. The van der Waals surface area contributed by atoms with Gasteiger partial charge in [-0.1, -0.05) is 11.6 Å². The molecule has 0 fully saturated rings.